The highest BCUT2D eigenvalue weighted by Gasteiger charge is 2.31. The Labute approximate surface area is 127 Å². The molecule has 1 aromatic carbocycles. The van der Waals surface area contributed by atoms with Crippen LogP contribution in [0, 0.1) is 5.92 Å². The first-order valence-corrected chi connectivity index (χ1v) is 7.79. The highest BCUT2D eigenvalue weighted by Crippen LogP contribution is 2.31. The number of carbonyl (C=O) groups excluding carboxylic acids is 1. The van der Waals surface area contributed by atoms with Crippen molar-refractivity contribution in [2.24, 2.45) is 11.7 Å². The summed E-state index contributed by atoms with van der Waals surface area (Å²) in [6, 6.07) is 7.55. The van der Waals surface area contributed by atoms with Crippen molar-refractivity contribution in [2.45, 2.75) is 51.5 Å². The minimum atomic E-state index is -0.322. The topological polar surface area (TPSA) is 64.3 Å². The molecule has 0 saturated heterocycles. The second-order valence-corrected chi connectivity index (χ2v) is 6.50. The van der Waals surface area contributed by atoms with Crippen LogP contribution in [0.1, 0.15) is 46.0 Å². The second-order valence-electron chi connectivity index (χ2n) is 6.50. The van der Waals surface area contributed by atoms with Gasteiger partial charge in [-0.25, -0.2) is 0 Å². The summed E-state index contributed by atoms with van der Waals surface area (Å²) in [4.78, 5) is 12.2. The van der Waals surface area contributed by atoms with Crippen LogP contribution in [0.5, 0.6) is 5.75 Å². The van der Waals surface area contributed by atoms with Gasteiger partial charge in [0.05, 0.1) is 12.3 Å². The zero-order chi connectivity index (χ0) is 15.3. The molecule has 0 radical (unpaired) electrons. The van der Waals surface area contributed by atoms with Crippen molar-refractivity contribution in [3.8, 4) is 5.75 Å². The van der Waals surface area contributed by atoms with Gasteiger partial charge in [0.1, 0.15) is 5.75 Å². The van der Waals surface area contributed by atoms with E-state index in [1.54, 1.807) is 0 Å². The van der Waals surface area contributed by atoms with Crippen molar-refractivity contribution in [1.82, 2.24) is 0 Å². The largest absolute Gasteiger partial charge is 0.491 e. The number of nitrogens with one attached hydrogen (secondary N) is 1. The minimum Gasteiger partial charge on any atom is -0.491 e. The number of hydrogen-bond acceptors (Lipinski definition) is 3. The summed E-state index contributed by atoms with van der Waals surface area (Å²) in [6.45, 7) is 4.83. The monoisotopic (exact) mass is 290 g/mol. The predicted molar refractivity (Wildman–Crippen MR) is 85.4 cm³/mol. The smallest absolute Gasteiger partial charge is 0.226 e. The minimum absolute atomic E-state index is 0.0278. The first-order valence-electron chi connectivity index (χ1n) is 7.79. The van der Waals surface area contributed by atoms with E-state index in [-0.39, 0.29) is 11.4 Å². The van der Waals surface area contributed by atoms with Gasteiger partial charge >= 0.3 is 0 Å². The molecular weight excluding hydrogens is 264 g/mol. The Morgan fingerprint density at radius 3 is 2.67 bits per heavy atom. The van der Waals surface area contributed by atoms with Crippen LogP contribution in [0.3, 0.4) is 0 Å². The number of ether oxygens (including phenoxy) is 1. The Hall–Kier alpha value is -1.55. The molecule has 116 valence electrons. The summed E-state index contributed by atoms with van der Waals surface area (Å²) in [5, 5.41) is 2.94. The van der Waals surface area contributed by atoms with Gasteiger partial charge in [0, 0.05) is 12.0 Å². The Balaban J connectivity index is 1.96. The van der Waals surface area contributed by atoms with Gasteiger partial charge in [0.15, 0.2) is 0 Å². The van der Waals surface area contributed by atoms with Gasteiger partial charge < -0.3 is 15.8 Å². The Morgan fingerprint density at radius 2 is 2.00 bits per heavy atom. The van der Waals surface area contributed by atoms with E-state index in [9.17, 15) is 4.79 Å². The van der Waals surface area contributed by atoms with E-state index in [2.05, 4.69) is 19.2 Å². The summed E-state index contributed by atoms with van der Waals surface area (Å²) in [5.41, 5.74) is 6.66. The van der Waals surface area contributed by atoms with Crippen molar-refractivity contribution in [1.29, 1.82) is 0 Å². The van der Waals surface area contributed by atoms with Crippen LogP contribution in [0.15, 0.2) is 24.3 Å². The van der Waals surface area contributed by atoms with Crippen LogP contribution in [0.25, 0.3) is 0 Å². The lowest BCUT2D eigenvalue weighted by atomic mass is 9.94. The number of anilines is 1. The number of amides is 1. The first kappa shape index (κ1) is 15.8. The SMILES string of the molecule is CC(C)COc1ccccc1NC(=O)CC1(N)CCCC1. The quantitative estimate of drug-likeness (QED) is 0.844. The molecule has 0 spiro atoms. The summed E-state index contributed by atoms with van der Waals surface area (Å²) in [7, 11) is 0. The van der Waals surface area contributed by atoms with Crippen LogP contribution in [0.2, 0.25) is 0 Å². The molecule has 1 aromatic rings. The van der Waals surface area contributed by atoms with Crippen molar-refractivity contribution >= 4 is 11.6 Å². The average Bonchev–Trinajstić information content (AvgIpc) is 2.83. The number of rotatable bonds is 6. The number of nitrogens with two attached hydrogens (primary N) is 1. The molecule has 1 saturated carbocycles. The number of hydrogen-bond donors (Lipinski definition) is 2. The zero-order valence-corrected chi connectivity index (χ0v) is 13.0. The van der Waals surface area contributed by atoms with Gasteiger partial charge in [-0.3, -0.25) is 4.79 Å². The third-order valence-electron chi connectivity index (χ3n) is 3.85. The van der Waals surface area contributed by atoms with E-state index in [0.29, 0.717) is 18.9 Å². The van der Waals surface area contributed by atoms with E-state index >= 15 is 0 Å². The number of carbonyl (C=O) groups is 1. The molecule has 1 aliphatic carbocycles. The fourth-order valence-corrected chi connectivity index (χ4v) is 2.72. The maximum Gasteiger partial charge on any atom is 0.226 e. The fraction of sp³-hybridized carbons (Fsp3) is 0.588. The molecule has 0 aromatic heterocycles. The Kier molecular flexibility index (Phi) is 5.23. The van der Waals surface area contributed by atoms with Gasteiger partial charge in [-0.05, 0) is 30.9 Å². The molecule has 0 heterocycles. The van der Waals surface area contributed by atoms with E-state index in [0.717, 1.165) is 37.1 Å². The molecular formula is C17H26N2O2. The molecule has 4 nitrogen and oxygen atoms in total. The zero-order valence-electron chi connectivity index (χ0n) is 13.0. The Morgan fingerprint density at radius 1 is 1.33 bits per heavy atom. The molecule has 0 atom stereocenters. The lowest BCUT2D eigenvalue weighted by Gasteiger charge is -2.23. The highest BCUT2D eigenvalue weighted by molar-refractivity contribution is 5.93. The van der Waals surface area contributed by atoms with Crippen LogP contribution >= 0.6 is 0 Å². The fourth-order valence-electron chi connectivity index (χ4n) is 2.72. The molecule has 1 aliphatic rings. The summed E-state index contributed by atoms with van der Waals surface area (Å²) < 4.78 is 5.75. The van der Waals surface area contributed by atoms with Crippen molar-refractivity contribution < 1.29 is 9.53 Å². The number of para-hydroxylation sites is 2. The van der Waals surface area contributed by atoms with Gasteiger partial charge in [-0.1, -0.05) is 38.8 Å². The molecule has 1 fully saturated rings. The summed E-state index contributed by atoms with van der Waals surface area (Å²) in [5.74, 6) is 1.14. The molecule has 2 rings (SSSR count). The number of benzene rings is 1. The molecule has 0 aliphatic heterocycles. The van der Waals surface area contributed by atoms with Crippen molar-refractivity contribution in [3.05, 3.63) is 24.3 Å². The maximum absolute atomic E-state index is 12.2. The maximum atomic E-state index is 12.2. The van der Waals surface area contributed by atoms with E-state index in [1.165, 1.54) is 0 Å². The summed E-state index contributed by atoms with van der Waals surface area (Å²) >= 11 is 0. The van der Waals surface area contributed by atoms with Gasteiger partial charge in [-0.2, -0.15) is 0 Å². The normalized spacial score (nSPS) is 17.0. The van der Waals surface area contributed by atoms with Gasteiger partial charge in [0.25, 0.3) is 0 Å². The lowest BCUT2D eigenvalue weighted by molar-refractivity contribution is -0.117. The molecule has 3 N–H and O–H groups in total. The van der Waals surface area contributed by atoms with E-state index < -0.39 is 0 Å². The van der Waals surface area contributed by atoms with Crippen molar-refractivity contribution in [2.75, 3.05) is 11.9 Å². The molecule has 1 amide bonds. The Bertz CT molecular complexity index is 479. The molecule has 0 bridgehead atoms. The van der Waals surface area contributed by atoms with Crippen LogP contribution < -0.4 is 15.8 Å². The average molecular weight is 290 g/mol. The van der Waals surface area contributed by atoms with E-state index in [4.69, 9.17) is 10.5 Å². The molecule has 4 heteroatoms. The first-order chi connectivity index (χ1) is 9.98. The second kappa shape index (κ2) is 6.94. The molecule has 21 heavy (non-hydrogen) atoms. The van der Waals surface area contributed by atoms with Crippen molar-refractivity contribution in [3.63, 3.8) is 0 Å². The lowest BCUT2D eigenvalue weighted by Crippen LogP contribution is -2.40. The third kappa shape index (κ3) is 4.74. The van der Waals surface area contributed by atoms with E-state index in [1.807, 2.05) is 24.3 Å². The standard InChI is InChI=1S/C17H26N2O2/c1-13(2)12-21-15-8-4-3-7-14(15)19-16(20)11-17(18)9-5-6-10-17/h3-4,7-8,13H,5-6,9-12,18H2,1-2H3,(H,19,20). The van der Waals surface area contributed by atoms with Gasteiger partial charge in [-0.15, -0.1) is 0 Å². The van der Waals surface area contributed by atoms with Gasteiger partial charge in [0.2, 0.25) is 5.91 Å². The third-order valence-corrected chi connectivity index (χ3v) is 3.85. The highest BCUT2D eigenvalue weighted by atomic mass is 16.5. The van der Waals surface area contributed by atoms with Crippen LogP contribution in [0.4, 0.5) is 5.69 Å². The van der Waals surface area contributed by atoms with Crippen LogP contribution in [-0.2, 0) is 4.79 Å². The molecule has 0 unspecified atom stereocenters. The predicted octanol–water partition coefficient (Wildman–Crippen LogP) is 3.32. The van der Waals surface area contributed by atoms with Crippen LogP contribution in [-0.4, -0.2) is 18.1 Å². The summed E-state index contributed by atoms with van der Waals surface area (Å²) in [6.07, 6.45) is 4.50.